The van der Waals surface area contributed by atoms with Gasteiger partial charge in [0.2, 0.25) is 10.0 Å². The number of hydrogen-bond acceptors (Lipinski definition) is 6. The van der Waals surface area contributed by atoms with Gasteiger partial charge in [-0.2, -0.15) is 0 Å². The summed E-state index contributed by atoms with van der Waals surface area (Å²) >= 11 is 5.02. The van der Waals surface area contributed by atoms with Crippen molar-refractivity contribution in [2.75, 3.05) is 5.32 Å². The molecule has 1 aromatic carbocycles. The second-order valence-electron chi connectivity index (χ2n) is 4.53. The lowest BCUT2D eigenvalue weighted by Gasteiger charge is -2.07. The van der Waals surface area contributed by atoms with Crippen LogP contribution >= 0.6 is 27.3 Å². The van der Waals surface area contributed by atoms with E-state index < -0.39 is 10.0 Å². The van der Waals surface area contributed by atoms with Gasteiger partial charge in [-0.25, -0.2) is 23.5 Å². The number of fused-ring (bicyclic) bond motifs is 1. The Balaban J connectivity index is 1.81. The largest absolute Gasteiger partial charge is 0.365 e. The molecule has 2 heterocycles. The van der Waals surface area contributed by atoms with Crippen LogP contribution in [0.15, 0.2) is 45.3 Å². The molecule has 0 aliphatic heterocycles. The number of anilines is 1. The number of benzene rings is 1. The molecule has 3 aromatic rings. The second kappa shape index (κ2) is 5.92. The highest BCUT2D eigenvalue weighted by atomic mass is 79.9. The average Bonchev–Trinajstić information content (AvgIpc) is 2.87. The van der Waals surface area contributed by atoms with E-state index in [1.807, 2.05) is 5.38 Å². The van der Waals surface area contributed by atoms with Gasteiger partial charge in [0, 0.05) is 16.4 Å². The molecule has 0 amide bonds. The van der Waals surface area contributed by atoms with Crippen LogP contribution in [-0.4, -0.2) is 18.4 Å². The molecular formula is C13H11BrN4O2S2. The standard InChI is InChI=1S/C13H11BrN4O2S2/c14-10-6-21-13-11(10)12(17-7-18-13)16-5-8-1-3-9(4-2-8)22(15,19)20/h1-4,6-7H,5H2,(H2,15,19,20)(H,16,17,18). The lowest BCUT2D eigenvalue weighted by molar-refractivity contribution is 0.598. The number of primary sulfonamides is 1. The first-order valence-corrected chi connectivity index (χ1v) is 9.40. The summed E-state index contributed by atoms with van der Waals surface area (Å²) in [5.74, 6) is 0.730. The van der Waals surface area contributed by atoms with Crippen LogP contribution in [0.5, 0.6) is 0 Å². The van der Waals surface area contributed by atoms with Crippen molar-refractivity contribution >= 4 is 53.3 Å². The van der Waals surface area contributed by atoms with E-state index in [2.05, 4.69) is 31.2 Å². The summed E-state index contributed by atoms with van der Waals surface area (Å²) in [5, 5.41) is 11.2. The fraction of sp³-hybridized carbons (Fsp3) is 0.0769. The number of aromatic nitrogens is 2. The predicted molar refractivity (Wildman–Crippen MR) is 90.3 cm³/mol. The number of thiophene rings is 1. The Hall–Kier alpha value is -1.55. The summed E-state index contributed by atoms with van der Waals surface area (Å²) < 4.78 is 23.4. The predicted octanol–water partition coefficient (Wildman–Crippen LogP) is 2.71. The fourth-order valence-electron chi connectivity index (χ4n) is 1.96. The SMILES string of the molecule is NS(=O)(=O)c1ccc(CNc2ncnc3scc(Br)c23)cc1. The number of nitrogens with zero attached hydrogens (tertiary/aromatic N) is 2. The van der Waals surface area contributed by atoms with Crippen LogP contribution in [-0.2, 0) is 16.6 Å². The topological polar surface area (TPSA) is 98.0 Å². The molecule has 0 saturated carbocycles. The first kappa shape index (κ1) is 15.3. The van der Waals surface area contributed by atoms with Crippen LogP contribution in [0.2, 0.25) is 0 Å². The average molecular weight is 399 g/mol. The summed E-state index contributed by atoms with van der Waals surface area (Å²) in [6, 6.07) is 6.41. The molecule has 114 valence electrons. The lowest BCUT2D eigenvalue weighted by Crippen LogP contribution is -2.12. The summed E-state index contributed by atoms with van der Waals surface area (Å²) in [4.78, 5) is 9.46. The Morgan fingerprint density at radius 2 is 1.95 bits per heavy atom. The van der Waals surface area contributed by atoms with Gasteiger partial charge in [0.1, 0.15) is 17.0 Å². The molecule has 0 radical (unpaired) electrons. The highest BCUT2D eigenvalue weighted by Crippen LogP contribution is 2.33. The molecule has 6 nitrogen and oxygen atoms in total. The molecule has 0 atom stereocenters. The Morgan fingerprint density at radius 1 is 1.23 bits per heavy atom. The molecule has 3 N–H and O–H groups in total. The number of nitrogens with two attached hydrogens (primary N) is 1. The van der Waals surface area contributed by atoms with Crippen LogP contribution < -0.4 is 10.5 Å². The molecule has 0 bridgehead atoms. The Kier molecular flexibility index (Phi) is 4.13. The van der Waals surface area contributed by atoms with E-state index in [1.165, 1.54) is 29.8 Å². The molecule has 3 rings (SSSR count). The molecule has 2 aromatic heterocycles. The number of hydrogen-bond donors (Lipinski definition) is 2. The summed E-state index contributed by atoms with van der Waals surface area (Å²) in [5.41, 5.74) is 0.922. The van der Waals surface area contributed by atoms with Gasteiger partial charge in [-0.15, -0.1) is 11.3 Å². The Bertz CT molecular complexity index is 923. The third kappa shape index (κ3) is 3.12. The Labute approximate surface area is 139 Å². The molecule has 9 heteroatoms. The fourth-order valence-corrected chi connectivity index (χ4v) is 4.03. The van der Waals surface area contributed by atoms with Gasteiger partial charge in [0.15, 0.2) is 0 Å². The summed E-state index contributed by atoms with van der Waals surface area (Å²) in [6.07, 6.45) is 1.51. The number of sulfonamides is 1. The number of rotatable bonds is 4. The van der Waals surface area contributed by atoms with Crippen molar-refractivity contribution in [3.05, 3.63) is 46.0 Å². The molecule has 22 heavy (non-hydrogen) atoms. The normalized spacial score (nSPS) is 11.7. The Morgan fingerprint density at radius 3 is 2.64 bits per heavy atom. The maximum absolute atomic E-state index is 11.2. The minimum Gasteiger partial charge on any atom is -0.365 e. The molecule has 0 saturated heterocycles. The molecule has 0 spiro atoms. The zero-order valence-electron chi connectivity index (χ0n) is 11.2. The first-order chi connectivity index (χ1) is 10.4. The van der Waals surface area contributed by atoms with E-state index in [4.69, 9.17) is 5.14 Å². The van der Waals surface area contributed by atoms with Crippen molar-refractivity contribution in [3.63, 3.8) is 0 Å². The zero-order valence-corrected chi connectivity index (χ0v) is 14.4. The highest BCUT2D eigenvalue weighted by Gasteiger charge is 2.10. The van der Waals surface area contributed by atoms with Crippen LogP contribution in [0, 0.1) is 0 Å². The van der Waals surface area contributed by atoms with E-state index in [1.54, 1.807) is 12.1 Å². The molecule has 0 aliphatic rings. The minimum absolute atomic E-state index is 0.0984. The van der Waals surface area contributed by atoms with Gasteiger partial charge >= 0.3 is 0 Å². The van der Waals surface area contributed by atoms with Crippen LogP contribution in [0.3, 0.4) is 0 Å². The number of nitrogens with one attached hydrogen (secondary N) is 1. The minimum atomic E-state index is -3.66. The molecule has 0 aliphatic carbocycles. The molecule has 0 unspecified atom stereocenters. The van der Waals surface area contributed by atoms with Gasteiger partial charge in [0.25, 0.3) is 0 Å². The molecular weight excluding hydrogens is 388 g/mol. The quantitative estimate of drug-likeness (QED) is 0.703. The number of halogens is 1. The van der Waals surface area contributed by atoms with E-state index in [0.717, 1.165) is 26.1 Å². The van der Waals surface area contributed by atoms with Crippen molar-refractivity contribution in [1.29, 1.82) is 0 Å². The van der Waals surface area contributed by atoms with Gasteiger partial charge in [-0.3, -0.25) is 0 Å². The van der Waals surface area contributed by atoms with Crippen molar-refractivity contribution in [1.82, 2.24) is 9.97 Å². The van der Waals surface area contributed by atoms with Crippen LogP contribution in [0.25, 0.3) is 10.2 Å². The maximum atomic E-state index is 11.2. The van der Waals surface area contributed by atoms with Crippen LogP contribution in [0.4, 0.5) is 5.82 Å². The smallest absolute Gasteiger partial charge is 0.238 e. The summed E-state index contributed by atoms with van der Waals surface area (Å²) in [7, 11) is -3.66. The third-order valence-electron chi connectivity index (χ3n) is 3.04. The first-order valence-electron chi connectivity index (χ1n) is 6.18. The zero-order chi connectivity index (χ0) is 15.7. The van der Waals surface area contributed by atoms with Crippen molar-refractivity contribution in [2.45, 2.75) is 11.4 Å². The monoisotopic (exact) mass is 398 g/mol. The van der Waals surface area contributed by atoms with E-state index in [0.29, 0.717) is 6.54 Å². The summed E-state index contributed by atoms with van der Waals surface area (Å²) in [6.45, 7) is 0.513. The van der Waals surface area contributed by atoms with Crippen molar-refractivity contribution < 1.29 is 8.42 Å². The third-order valence-corrected chi connectivity index (χ3v) is 5.78. The van der Waals surface area contributed by atoms with Crippen molar-refractivity contribution in [2.24, 2.45) is 5.14 Å². The lowest BCUT2D eigenvalue weighted by atomic mass is 10.2. The van der Waals surface area contributed by atoms with Crippen molar-refractivity contribution in [3.8, 4) is 0 Å². The van der Waals surface area contributed by atoms with E-state index >= 15 is 0 Å². The van der Waals surface area contributed by atoms with Crippen LogP contribution in [0.1, 0.15) is 5.56 Å². The van der Waals surface area contributed by atoms with Gasteiger partial charge in [0.05, 0.1) is 10.3 Å². The van der Waals surface area contributed by atoms with Gasteiger partial charge in [-0.1, -0.05) is 12.1 Å². The molecule has 0 fully saturated rings. The second-order valence-corrected chi connectivity index (χ2v) is 7.80. The van der Waals surface area contributed by atoms with E-state index in [9.17, 15) is 8.42 Å². The van der Waals surface area contributed by atoms with Gasteiger partial charge < -0.3 is 5.32 Å². The maximum Gasteiger partial charge on any atom is 0.238 e. The van der Waals surface area contributed by atoms with Gasteiger partial charge in [-0.05, 0) is 33.6 Å². The van der Waals surface area contributed by atoms with E-state index in [-0.39, 0.29) is 4.90 Å². The highest BCUT2D eigenvalue weighted by molar-refractivity contribution is 9.10.